The molecule has 1 aromatic heterocycles. The molecule has 0 aliphatic rings. The minimum absolute atomic E-state index is 0.0169. The largest absolute Gasteiger partial charge is 0.508 e. The topological polar surface area (TPSA) is 65.1 Å². The summed E-state index contributed by atoms with van der Waals surface area (Å²) in [5.74, 6) is 0.221. The molecule has 2 aromatic carbocycles. The summed E-state index contributed by atoms with van der Waals surface area (Å²) in [7, 11) is 0. The van der Waals surface area contributed by atoms with Crippen molar-refractivity contribution in [1.29, 1.82) is 0 Å². The SMILES string of the molecule is O=C(CCc1ccc(O)cc1)Nc1cccc2[nH]ccc12. The molecule has 0 fully saturated rings. The number of hydrogen-bond donors (Lipinski definition) is 3. The zero-order chi connectivity index (χ0) is 14.7. The molecule has 0 bridgehead atoms. The van der Waals surface area contributed by atoms with Gasteiger partial charge in [-0.15, -0.1) is 0 Å². The van der Waals surface area contributed by atoms with E-state index in [1.807, 2.05) is 42.6 Å². The van der Waals surface area contributed by atoms with Gasteiger partial charge < -0.3 is 15.4 Å². The molecule has 4 nitrogen and oxygen atoms in total. The van der Waals surface area contributed by atoms with Crippen molar-refractivity contribution in [2.75, 3.05) is 5.32 Å². The lowest BCUT2D eigenvalue weighted by Gasteiger charge is -2.07. The Morgan fingerprint density at radius 2 is 1.90 bits per heavy atom. The number of nitrogens with one attached hydrogen (secondary N) is 2. The average molecular weight is 280 g/mol. The number of aromatic amines is 1. The van der Waals surface area contributed by atoms with E-state index < -0.39 is 0 Å². The number of phenols is 1. The first kappa shape index (κ1) is 13.2. The predicted molar refractivity (Wildman–Crippen MR) is 83.4 cm³/mol. The molecule has 3 aromatic rings. The highest BCUT2D eigenvalue weighted by Crippen LogP contribution is 2.22. The highest BCUT2D eigenvalue weighted by Gasteiger charge is 2.06. The summed E-state index contributed by atoms with van der Waals surface area (Å²) in [5.41, 5.74) is 2.86. The van der Waals surface area contributed by atoms with E-state index in [1.54, 1.807) is 12.1 Å². The van der Waals surface area contributed by atoms with E-state index in [-0.39, 0.29) is 11.7 Å². The number of hydrogen-bond acceptors (Lipinski definition) is 2. The number of aromatic hydroxyl groups is 1. The number of aromatic nitrogens is 1. The van der Waals surface area contributed by atoms with Crippen LogP contribution in [0.1, 0.15) is 12.0 Å². The van der Waals surface area contributed by atoms with Gasteiger partial charge in [0.2, 0.25) is 5.91 Å². The van der Waals surface area contributed by atoms with Crippen LogP contribution in [-0.4, -0.2) is 16.0 Å². The molecule has 0 radical (unpaired) electrons. The summed E-state index contributed by atoms with van der Waals surface area (Å²) in [4.78, 5) is 15.2. The number of benzene rings is 2. The first-order valence-corrected chi connectivity index (χ1v) is 6.86. The summed E-state index contributed by atoms with van der Waals surface area (Å²) in [6, 6.07) is 14.7. The molecule has 0 aliphatic carbocycles. The van der Waals surface area contributed by atoms with Gasteiger partial charge in [-0.3, -0.25) is 4.79 Å². The van der Waals surface area contributed by atoms with E-state index in [9.17, 15) is 9.90 Å². The van der Waals surface area contributed by atoms with E-state index in [4.69, 9.17) is 0 Å². The normalized spacial score (nSPS) is 10.7. The van der Waals surface area contributed by atoms with Crippen LogP contribution in [0, 0.1) is 0 Å². The summed E-state index contributed by atoms with van der Waals surface area (Å²) in [6.07, 6.45) is 2.91. The van der Waals surface area contributed by atoms with E-state index in [1.165, 1.54) is 0 Å². The van der Waals surface area contributed by atoms with Gasteiger partial charge in [-0.2, -0.15) is 0 Å². The molecule has 1 heterocycles. The monoisotopic (exact) mass is 280 g/mol. The predicted octanol–water partition coefficient (Wildman–Crippen LogP) is 3.44. The highest BCUT2D eigenvalue weighted by molar-refractivity contribution is 6.01. The third-order valence-electron chi connectivity index (χ3n) is 3.45. The molecule has 106 valence electrons. The van der Waals surface area contributed by atoms with Crippen LogP contribution in [0.25, 0.3) is 10.9 Å². The van der Waals surface area contributed by atoms with Gasteiger partial charge in [0.25, 0.3) is 0 Å². The molecule has 3 N–H and O–H groups in total. The lowest BCUT2D eigenvalue weighted by molar-refractivity contribution is -0.116. The highest BCUT2D eigenvalue weighted by atomic mass is 16.3. The molecular weight excluding hydrogens is 264 g/mol. The van der Waals surface area contributed by atoms with E-state index >= 15 is 0 Å². The zero-order valence-corrected chi connectivity index (χ0v) is 11.5. The molecule has 0 saturated heterocycles. The molecular formula is C17H16N2O2. The molecule has 3 rings (SSSR count). The standard InChI is InChI=1S/C17H16N2O2/c20-13-7-4-12(5-8-13)6-9-17(21)19-16-3-1-2-15-14(16)10-11-18-15/h1-5,7-8,10-11,18,20H,6,9H2,(H,19,21). The second-order valence-corrected chi connectivity index (χ2v) is 4.96. The molecule has 0 atom stereocenters. The molecule has 21 heavy (non-hydrogen) atoms. The fourth-order valence-corrected chi connectivity index (χ4v) is 2.33. The number of rotatable bonds is 4. The van der Waals surface area contributed by atoms with Crippen LogP contribution in [0.3, 0.4) is 0 Å². The number of H-pyrrole nitrogens is 1. The van der Waals surface area contributed by atoms with Crippen molar-refractivity contribution in [2.24, 2.45) is 0 Å². The van der Waals surface area contributed by atoms with Crippen LogP contribution in [0.4, 0.5) is 5.69 Å². The number of amides is 1. The van der Waals surface area contributed by atoms with E-state index in [0.717, 1.165) is 22.2 Å². The summed E-state index contributed by atoms with van der Waals surface area (Å²) >= 11 is 0. The van der Waals surface area contributed by atoms with Crippen LogP contribution in [0.2, 0.25) is 0 Å². The molecule has 1 amide bonds. The van der Waals surface area contributed by atoms with Crippen molar-refractivity contribution >= 4 is 22.5 Å². The van der Waals surface area contributed by atoms with Crippen LogP contribution >= 0.6 is 0 Å². The minimum Gasteiger partial charge on any atom is -0.508 e. The fraction of sp³-hybridized carbons (Fsp3) is 0.118. The van der Waals surface area contributed by atoms with E-state index in [0.29, 0.717) is 12.8 Å². The third-order valence-corrected chi connectivity index (χ3v) is 3.45. The maximum Gasteiger partial charge on any atom is 0.224 e. The number of anilines is 1. The van der Waals surface area contributed by atoms with Gasteiger partial charge in [0.15, 0.2) is 0 Å². The Kier molecular flexibility index (Phi) is 3.60. The Morgan fingerprint density at radius 1 is 1.10 bits per heavy atom. The number of carbonyl (C=O) groups excluding carboxylic acids is 1. The molecule has 0 aliphatic heterocycles. The average Bonchev–Trinajstić information content (AvgIpc) is 2.96. The second kappa shape index (κ2) is 5.71. The first-order valence-electron chi connectivity index (χ1n) is 6.86. The molecule has 4 heteroatoms. The van der Waals surface area contributed by atoms with Crippen molar-refractivity contribution in [1.82, 2.24) is 4.98 Å². The summed E-state index contributed by atoms with van der Waals surface area (Å²) in [6.45, 7) is 0. The van der Waals surface area contributed by atoms with Gasteiger partial charge in [0.1, 0.15) is 5.75 Å². The van der Waals surface area contributed by atoms with Crippen molar-refractivity contribution in [3.8, 4) is 5.75 Å². The maximum atomic E-state index is 12.0. The van der Waals surface area contributed by atoms with Gasteiger partial charge in [-0.25, -0.2) is 0 Å². The van der Waals surface area contributed by atoms with Crippen molar-refractivity contribution in [2.45, 2.75) is 12.8 Å². The fourth-order valence-electron chi connectivity index (χ4n) is 2.33. The lowest BCUT2D eigenvalue weighted by Crippen LogP contribution is -2.12. The lowest BCUT2D eigenvalue weighted by atomic mass is 10.1. The first-order chi connectivity index (χ1) is 10.2. The Bertz CT molecular complexity index is 760. The quantitative estimate of drug-likeness (QED) is 0.685. The van der Waals surface area contributed by atoms with Crippen LogP contribution in [0.5, 0.6) is 5.75 Å². The zero-order valence-electron chi connectivity index (χ0n) is 11.5. The number of phenolic OH excluding ortho intramolecular Hbond substituents is 1. The second-order valence-electron chi connectivity index (χ2n) is 4.96. The molecule has 0 spiro atoms. The van der Waals surface area contributed by atoms with Gasteiger partial charge in [-0.05, 0) is 42.3 Å². The van der Waals surface area contributed by atoms with Crippen molar-refractivity contribution in [3.63, 3.8) is 0 Å². The Morgan fingerprint density at radius 3 is 2.71 bits per heavy atom. The Balaban J connectivity index is 1.64. The Labute approximate surface area is 122 Å². The smallest absolute Gasteiger partial charge is 0.224 e. The van der Waals surface area contributed by atoms with Crippen molar-refractivity contribution < 1.29 is 9.90 Å². The number of carbonyl (C=O) groups is 1. The molecule has 0 unspecified atom stereocenters. The van der Waals surface area contributed by atoms with Gasteiger partial charge in [0.05, 0.1) is 5.69 Å². The number of aryl methyl sites for hydroxylation is 1. The van der Waals surface area contributed by atoms with Gasteiger partial charge >= 0.3 is 0 Å². The minimum atomic E-state index is -0.0169. The Hall–Kier alpha value is -2.75. The van der Waals surface area contributed by atoms with Crippen LogP contribution in [0.15, 0.2) is 54.7 Å². The van der Waals surface area contributed by atoms with Gasteiger partial charge in [0, 0.05) is 23.5 Å². The third kappa shape index (κ3) is 3.05. The van der Waals surface area contributed by atoms with E-state index in [2.05, 4.69) is 10.3 Å². The summed E-state index contributed by atoms with van der Waals surface area (Å²) < 4.78 is 0. The van der Waals surface area contributed by atoms with Crippen LogP contribution in [-0.2, 0) is 11.2 Å². The maximum absolute atomic E-state index is 12.0. The van der Waals surface area contributed by atoms with Crippen LogP contribution < -0.4 is 5.32 Å². The number of fused-ring (bicyclic) bond motifs is 1. The summed E-state index contributed by atoms with van der Waals surface area (Å²) in [5, 5.41) is 13.2. The molecule has 0 saturated carbocycles. The van der Waals surface area contributed by atoms with Crippen molar-refractivity contribution in [3.05, 3.63) is 60.3 Å². The van der Waals surface area contributed by atoms with Gasteiger partial charge in [-0.1, -0.05) is 18.2 Å².